The molecule has 1 unspecified atom stereocenters. The van der Waals surface area contributed by atoms with Gasteiger partial charge in [0.25, 0.3) is 5.92 Å². The van der Waals surface area contributed by atoms with Gasteiger partial charge < -0.3 is 25.4 Å². The van der Waals surface area contributed by atoms with Crippen LogP contribution in [0.3, 0.4) is 0 Å². The highest BCUT2D eigenvalue weighted by molar-refractivity contribution is 5.97. The Hall–Kier alpha value is -3.87. The Morgan fingerprint density at radius 3 is 2.50 bits per heavy atom. The van der Waals surface area contributed by atoms with Crippen molar-refractivity contribution in [3.05, 3.63) is 23.1 Å². The molecule has 0 saturated carbocycles. The average Bonchev–Trinajstić information content (AvgIpc) is 3.08. The number of halogens is 9. The number of nitrogen functional groups attached to an aromatic ring is 1. The van der Waals surface area contributed by atoms with Crippen LogP contribution < -0.4 is 25.4 Å². The monoisotopic (exact) mass is 692 g/mol. The van der Waals surface area contributed by atoms with Crippen LogP contribution in [0.4, 0.5) is 51.1 Å². The van der Waals surface area contributed by atoms with Crippen molar-refractivity contribution in [3.63, 3.8) is 0 Å². The number of pyridine rings is 2. The van der Waals surface area contributed by atoms with E-state index < -0.39 is 106 Å². The Kier molecular flexibility index (Phi) is 7.36. The van der Waals surface area contributed by atoms with E-state index in [2.05, 4.69) is 25.3 Å². The van der Waals surface area contributed by atoms with Gasteiger partial charge in [0.05, 0.1) is 29.4 Å². The van der Waals surface area contributed by atoms with Gasteiger partial charge in [0.2, 0.25) is 12.0 Å². The zero-order valence-electron chi connectivity index (χ0n) is 25.4. The van der Waals surface area contributed by atoms with Crippen molar-refractivity contribution in [1.29, 1.82) is 0 Å². The minimum atomic E-state index is -5.10. The summed E-state index contributed by atoms with van der Waals surface area (Å²) < 4.78 is 143. The van der Waals surface area contributed by atoms with Crippen LogP contribution in [-0.4, -0.2) is 93.4 Å². The van der Waals surface area contributed by atoms with Gasteiger partial charge in [-0.2, -0.15) is 36.3 Å². The topological polar surface area (TPSA) is 115 Å². The Morgan fingerprint density at radius 2 is 1.88 bits per heavy atom. The standard InChI is InChI=1S/C29H29F9N8O2/c1-3-13-8-46-15(7-40-13)22(29(36,37)38)48-24-17-21(19(30)20(42-24)14-6-16(39)41-12(2)18(14)28(33,34)35)43-25(44-23(17)46)47-11-26-4-5-45(26)10-27(31,32)9-26/h6,13,15,22,40H,3-5,7-11H2,1-2H3,(H2,39,41)/t13-,15+,22?,26+/m1/s1. The first kappa shape index (κ1) is 32.7. The molecule has 48 heavy (non-hydrogen) atoms. The van der Waals surface area contributed by atoms with Gasteiger partial charge in [-0.25, -0.2) is 23.1 Å². The molecule has 4 aliphatic rings. The molecule has 0 aromatic carbocycles. The van der Waals surface area contributed by atoms with Crippen LogP contribution in [0.5, 0.6) is 11.9 Å². The second-order valence-electron chi connectivity index (χ2n) is 12.7. The molecule has 0 amide bonds. The molecule has 3 aromatic rings. The van der Waals surface area contributed by atoms with E-state index in [1.54, 1.807) is 11.8 Å². The van der Waals surface area contributed by atoms with Crippen molar-refractivity contribution >= 4 is 22.5 Å². The molecule has 19 heteroatoms. The molecule has 0 radical (unpaired) electrons. The number of hydrogen-bond acceptors (Lipinski definition) is 10. The third kappa shape index (κ3) is 5.28. The molecule has 3 saturated heterocycles. The van der Waals surface area contributed by atoms with Gasteiger partial charge in [-0.15, -0.1) is 0 Å². The van der Waals surface area contributed by atoms with Crippen molar-refractivity contribution < 1.29 is 49.0 Å². The van der Waals surface area contributed by atoms with Crippen molar-refractivity contribution in [3.8, 4) is 23.1 Å². The second kappa shape index (κ2) is 10.8. The second-order valence-corrected chi connectivity index (χ2v) is 12.7. The maximum atomic E-state index is 16.7. The number of ether oxygens (including phenoxy) is 2. The van der Waals surface area contributed by atoms with E-state index in [9.17, 15) is 35.1 Å². The number of anilines is 2. The molecular formula is C29H29F9N8O2. The Morgan fingerprint density at radius 1 is 1.12 bits per heavy atom. The molecule has 3 N–H and O–H groups in total. The van der Waals surface area contributed by atoms with Gasteiger partial charge in [-0.1, -0.05) is 6.92 Å². The highest BCUT2D eigenvalue weighted by Crippen LogP contribution is 2.49. The third-order valence-corrected chi connectivity index (χ3v) is 9.58. The van der Waals surface area contributed by atoms with Crippen LogP contribution in [0.2, 0.25) is 0 Å². The fourth-order valence-corrected chi connectivity index (χ4v) is 7.25. The Labute approximate surface area is 266 Å². The maximum absolute atomic E-state index is 16.7. The van der Waals surface area contributed by atoms with Gasteiger partial charge in [0.1, 0.15) is 34.8 Å². The smallest absolute Gasteiger partial charge is 0.427 e. The molecule has 3 fully saturated rings. The zero-order chi connectivity index (χ0) is 34.6. The lowest BCUT2D eigenvalue weighted by Gasteiger charge is -2.46. The van der Waals surface area contributed by atoms with Crippen molar-refractivity contribution in [2.24, 2.45) is 0 Å². The fraction of sp³-hybridized carbons (Fsp3) is 0.586. The van der Waals surface area contributed by atoms with Crippen LogP contribution in [0.1, 0.15) is 37.4 Å². The SMILES string of the molecule is CC[C@@H]1CN2c3nc(OC[C@@]45CCN4CC(F)(F)C5)nc4c(F)c(-c5cc(N)nc(C)c5C(F)(F)F)nc(c34)OC(C(F)(F)F)[C@@H]2CN1. The van der Waals surface area contributed by atoms with Gasteiger partial charge >= 0.3 is 18.4 Å². The molecular weight excluding hydrogens is 663 g/mol. The van der Waals surface area contributed by atoms with Gasteiger partial charge in [0, 0.05) is 37.7 Å². The van der Waals surface area contributed by atoms with Crippen molar-refractivity contribution in [1.82, 2.24) is 30.2 Å². The average molecular weight is 693 g/mol. The summed E-state index contributed by atoms with van der Waals surface area (Å²) in [6, 6.07) is -1.66. The van der Waals surface area contributed by atoms with Crippen molar-refractivity contribution in [2.75, 3.05) is 43.4 Å². The van der Waals surface area contributed by atoms with E-state index in [1.165, 1.54) is 4.90 Å². The number of nitrogens with two attached hydrogens (primary N) is 1. The largest absolute Gasteiger partial charge is 0.462 e. The number of rotatable bonds is 5. The first-order valence-electron chi connectivity index (χ1n) is 15.2. The van der Waals surface area contributed by atoms with E-state index in [0.29, 0.717) is 25.5 Å². The summed E-state index contributed by atoms with van der Waals surface area (Å²) in [6.07, 6.45) is -12.4. The number of aryl methyl sites for hydroxylation is 1. The van der Waals surface area contributed by atoms with Crippen LogP contribution in [0.25, 0.3) is 22.2 Å². The highest BCUT2D eigenvalue weighted by atomic mass is 19.4. The summed E-state index contributed by atoms with van der Waals surface area (Å²) >= 11 is 0. The summed E-state index contributed by atoms with van der Waals surface area (Å²) in [4.78, 5) is 18.8. The number of alkyl halides is 8. The van der Waals surface area contributed by atoms with Crippen LogP contribution in [0.15, 0.2) is 6.07 Å². The molecule has 0 aliphatic carbocycles. The van der Waals surface area contributed by atoms with Crippen LogP contribution >= 0.6 is 0 Å². The van der Waals surface area contributed by atoms with Gasteiger partial charge in [-0.3, -0.25) is 4.90 Å². The predicted octanol–water partition coefficient (Wildman–Crippen LogP) is 4.88. The minimum Gasteiger partial charge on any atom is -0.462 e. The number of nitrogens with one attached hydrogen (secondary N) is 1. The number of nitrogens with zero attached hydrogens (tertiary/aromatic N) is 6. The maximum Gasteiger partial charge on any atom is 0.427 e. The summed E-state index contributed by atoms with van der Waals surface area (Å²) in [5.74, 6) is -5.96. The summed E-state index contributed by atoms with van der Waals surface area (Å²) in [6.45, 7) is 2.06. The molecule has 260 valence electrons. The summed E-state index contributed by atoms with van der Waals surface area (Å²) in [5.41, 5.74) is -0.0439. The van der Waals surface area contributed by atoms with Crippen LogP contribution in [0, 0.1) is 12.7 Å². The van der Waals surface area contributed by atoms with Crippen LogP contribution in [-0.2, 0) is 6.18 Å². The molecule has 3 aromatic heterocycles. The first-order chi connectivity index (χ1) is 22.4. The lowest BCUT2D eigenvalue weighted by Crippen LogP contribution is -2.64. The van der Waals surface area contributed by atoms with Gasteiger partial charge in [0.15, 0.2) is 5.82 Å². The van der Waals surface area contributed by atoms with E-state index in [-0.39, 0.29) is 31.6 Å². The summed E-state index contributed by atoms with van der Waals surface area (Å²) in [7, 11) is 0. The molecule has 10 nitrogen and oxygen atoms in total. The molecule has 0 bridgehead atoms. The fourth-order valence-electron chi connectivity index (χ4n) is 7.25. The Bertz CT molecular complexity index is 1790. The lowest BCUT2D eigenvalue weighted by atomic mass is 9.85. The number of aromatic nitrogens is 4. The number of hydrogen-bond donors (Lipinski definition) is 2. The quantitative estimate of drug-likeness (QED) is 0.359. The predicted molar refractivity (Wildman–Crippen MR) is 152 cm³/mol. The molecule has 4 aliphatic heterocycles. The normalized spacial score (nSPS) is 26.8. The van der Waals surface area contributed by atoms with E-state index >= 15 is 4.39 Å². The number of fused-ring (bicyclic) bond motifs is 3. The van der Waals surface area contributed by atoms with E-state index in [0.717, 1.165) is 6.92 Å². The molecule has 7 heterocycles. The molecule has 7 rings (SSSR count). The Balaban J connectivity index is 1.45. The van der Waals surface area contributed by atoms with Gasteiger partial charge in [-0.05, 0) is 25.8 Å². The summed E-state index contributed by atoms with van der Waals surface area (Å²) in [5, 5.41) is 2.61. The first-order valence-corrected chi connectivity index (χ1v) is 15.2. The molecule has 0 spiro atoms. The third-order valence-electron chi connectivity index (χ3n) is 9.58. The van der Waals surface area contributed by atoms with Crippen molar-refractivity contribution in [2.45, 2.75) is 75.1 Å². The molecule has 4 atom stereocenters. The minimum absolute atomic E-state index is 0.0479. The lowest BCUT2D eigenvalue weighted by molar-refractivity contribution is -0.201. The zero-order valence-corrected chi connectivity index (χ0v) is 25.4. The van der Waals surface area contributed by atoms with E-state index in [4.69, 9.17) is 15.2 Å². The van der Waals surface area contributed by atoms with E-state index in [1.807, 2.05) is 0 Å². The highest BCUT2D eigenvalue weighted by Gasteiger charge is 2.60. The number of piperazine rings is 1.